The lowest BCUT2D eigenvalue weighted by molar-refractivity contribution is -0.173. The van der Waals surface area contributed by atoms with E-state index in [1.807, 2.05) is 12.4 Å². The molecule has 6 nitrogen and oxygen atoms in total. The first-order valence-electron chi connectivity index (χ1n) is 9.28. The van der Waals surface area contributed by atoms with Crippen LogP contribution >= 0.6 is 0 Å². The molecular weight excluding hydrogens is 328 g/mol. The molecule has 1 aromatic heterocycles. The van der Waals surface area contributed by atoms with Crippen molar-refractivity contribution >= 4 is 5.91 Å². The average molecular weight is 354 g/mol. The summed E-state index contributed by atoms with van der Waals surface area (Å²) >= 11 is 0. The van der Waals surface area contributed by atoms with Gasteiger partial charge in [0.15, 0.2) is 6.10 Å². The van der Waals surface area contributed by atoms with Gasteiger partial charge >= 0.3 is 0 Å². The Hall–Kier alpha value is -2.18. The maximum atomic E-state index is 12.2. The van der Waals surface area contributed by atoms with Crippen LogP contribution in [0.15, 0.2) is 36.7 Å². The SMILES string of the molecule is CNC(=O)[C@@H]1Cn2ccnc2C2(CCN(Cc3cccc(C)c3)CC2)O1. The largest absolute Gasteiger partial charge is 0.357 e. The number of benzene rings is 1. The van der Waals surface area contributed by atoms with Gasteiger partial charge in [0.05, 0.1) is 6.54 Å². The maximum absolute atomic E-state index is 12.2. The summed E-state index contributed by atoms with van der Waals surface area (Å²) in [4.78, 5) is 19.2. The maximum Gasteiger partial charge on any atom is 0.250 e. The molecule has 0 unspecified atom stereocenters. The first kappa shape index (κ1) is 17.2. The number of imidazole rings is 1. The standard InChI is InChI=1S/C20H26N4O2/c1-15-4-3-5-16(12-15)13-23-9-6-20(7-10-23)19-22-8-11-24(19)14-17(26-20)18(25)21-2/h3-5,8,11-12,17H,6-7,9-10,13-14H2,1-2H3,(H,21,25)/t17-/m0/s1. The van der Waals surface area contributed by atoms with E-state index in [0.717, 1.165) is 38.3 Å². The highest BCUT2D eigenvalue weighted by Gasteiger charge is 2.46. The molecule has 0 aliphatic carbocycles. The van der Waals surface area contributed by atoms with Crippen molar-refractivity contribution < 1.29 is 9.53 Å². The van der Waals surface area contributed by atoms with Crippen molar-refractivity contribution in [2.24, 2.45) is 0 Å². The molecule has 1 spiro atoms. The molecule has 2 aliphatic rings. The van der Waals surface area contributed by atoms with Crippen molar-refractivity contribution in [2.75, 3.05) is 20.1 Å². The second-order valence-electron chi connectivity index (χ2n) is 7.38. The highest BCUT2D eigenvalue weighted by atomic mass is 16.5. The van der Waals surface area contributed by atoms with Crippen LogP contribution in [0.5, 0.6) is 0 Å². The molecule has 1 aromatic carbocycles. The third-order valence-electron chi connectivity index (χ3n) is 5.54. The number of amides is 1. The summed E-state index contributed by atoms with van der Waals surface area (Å²) in [5, 5.41) is 2.72. The van der Waals surface area contributed by atoms with Crippen LogP contribution < -0.4 is 5.32 Å². The molecule has 4 rings (SSSR count). The normalized spacial score (nSPS) is 22.2. The quantitative estimate of drug-likeness (QED) is 0.914. The molecule has 6 heteroatoms. The molecule has 1 fully saturated rings. The van der Waals surface area contributed by atoms with Crippen LogP contribution in [0.2, 0.25) is 0 Å². The van der Waals surface area contributed by atoms with Gasteiger partial charge in [0.2, 0.25) is 0 Å². The number of carbonyl (C=O) groups excluding carboxylic acids is 1. The van der Waals surface area contributed by atoms with Crippen LogP contribution in [0.3, 0.4) is 0 Å². The van der Waals surface area contributed by atoms with Gasteiger partial charge in [-0.2, -0.15) is 0 Å². The van der Waals surface area contributed by atoms with Crippen LogP contribution in [0, 0.1) is 6.92 Å². The molecule has 26 heavy (non-hydrogen) atoms. The minimum atomic E-state index is -0.456. The number of aromatic nitrogens is 2. The van der Waals surface area contributed by atoms with Crippen molar-refractivity contribution in [2.45, 2.75) is 44.6 Å². The summed E-state index contributed by atoms with van der Waals surface area (Å²) in [6.45, 7) is 5.47. The zero-order valence-electron chi connectivity index (χ0n) is 15.4. The summed E-state index contributed by atoms with van der Waals surface area (Å²) in [7, 11) is 1.66. The van der Waals surface area contributed by atoms with E-state index in [-0.39, 0.29) is 5.91 Å². The van der Waals surface area contributed by atoms with Gasteiger partial charge in [-0.15, -0.1) is 0 Å². The Labute approximate surface area is 154 Å². The first-order valence-corrected chi connectivity index (χ1v) is 9.28. The predicted molar refractivity (Wildman–Crippen MR) is 98.5 cm³/mol. The average Bonchev–Trinajstić information content (AvgIpc) is 3.13. The van der Waals surface area contributed by atoms with Crippen molar-refractivity contribution in [1.82, 2.24) is 19.8 Å². The van der Waals surface area contributed by atoms with Crippen molar-refractivity contribution in [3.05, 3.63) is 53.6 Å². The molecule has 3 heterocycles. The Morgan fingerprint density at radius 2 is 2.19 bits per heavy atom. The molecule has 1 amide bonds. The van der Waals surface area contributed by atoms with Crippen LogP contribution in [0.1, 0.15) is 29.8 Å². The molecule has 2 aliphatic heterocycles. The van der Waals surface area contributed by atoms with Crippen LogP contribution in [0.4, 0.5) is 0 Å². The van der Waals surface area contributed by atoms with Gasteiger partial charge in [-0.1, -0.05) is 29.8 Å². The number of rotatable bonds is 3. The number of likely N-dealkylation sites (tertiary alicyclic amines) is 1. The van der Waals surface area contributed by atoms with Gasteiger partial charge in [-0.3, -0.25) is 9.69 Å². The number of carbonyl (C=O) groups is 1. The Morgan fingerprint density at radius 3 is 2.92 bits per heavy atom. The van der Waals surface area contributed by atoms with Crippen molar-refractivity contribution in [3.63, 3.8) is 0 Å². The minimum Gasteiger partial charge on any atom is -0.357 e. The number of ether oxygens (including phenoxy) is 1. The molecule has 0 saturated carbocycles. The van der Waals surface area contributed by atoms with Crippen molar-refractivity contribution in [3.8, 4) is 0 Å². The summed E-state index contributed by atoms with van der Waals surface area (Å²) in [6, 6.07) is 8.67. The number of aryl methyl sites for hydroxylation is 1. The summed E-state index contributed by atoms with van der Waals surface area (Å²) in [5.41, 5.74) is 2.18. The van der Waals surface area contributed by atoms with E-state index >= 15 is 0 Å². The number of hydrogen-bond acceptors (Lipinski definition) is 4. The summed E-state index contributed by atoms with van der Waals surface area (Å²) < 4.78 is 8.43. The van der Waals surface area contributed by atoms with Crippen LogP contribution in [-0.4, -0.2) is 46.6 Å². The molecule has 1 saturated heterocycles. The Balaban J connectivity index is 1.49. The van der Waals surface area contributed by atoms with Crippen LogP contribution in [0.25, 0.3) is 0 Å². The van der Waals surface area contributed by atoms with E-state index in [1.165, 1.54) is 11.1 Å². The van der Waals surface area contributed by atoms with E-state index in [4.69, 9.17) is 4.74 Å². The van der Waals surface area contributed by atoms with Crippen molar-refractivity contribution in [1.29, 1.82) is 0 Å². The lowest BCUT2D eigenvalue weighted by Crippen LogP contribution is -2.53. The fourth-order valence-corrected chi connectivity index (χ4v) is 4.18. The van der Waals surface area contributed by atoms with E-state index in [1.54, 1.807) is 7.05 Å². The number of nitrogens with one attached hydrogen (secondary N) is 1. The molecule has 1 N–H and O–H groups in total. The number of hydrogen-bond donors (Lipinski definition) is 1. The zero-order valence-corrected chi connectivity index (χ0v) is 15.4. The second kappa shape index (κ2) is 6.85. The molecule has 1 atom stereocenters. The van der Waals surface area contributed by atoms with Gasteiger partial charge in [-0.05, 0) is 25.3 Å². The second-order valence-corrected chi connectivity index (χ2v) is 7.38. The fraction of sp³-hybridized carbons (Fsp3) is 0.500. The van der Waals surface area contributed by atoms with E-state index in [9.17, 15) is 4.79 Å². The van der Waals surface area contributed by atoms with Gasteiger partial charge < -0.3 is 14.6 Å². The molecule has 138 valence electrons. The number of likely N-dealkylation sites (N-methyl/N-ethyl adjacent to an activating group) is 1. The Morgan fingerprint density at radius 1 is 1.38 bits per heavy atom. The Kier molecular flexibility index (Phi) is 4.54. The first-order chi connectivity index (χ1) is 12.6. The monoisotopic (exact) mass is 354 g/mol. The van der Waals surface area contributed by atoms with Gasteiger partial charge in [0.25, 0.3) is 5.91 Å². The summed E-state index contributed by atoms with van der Waals surface area (Å²) in [6.07, 6.45) is 5.01. The summed E-state index contributed by atoms with van der Waals surface area (Å²) in [5.74, 6) is 0.902. The van der Waals surface area contributed by atoms with Crippen LogP contribution in [-0.2, 0) is 28.2 Å². The number of nitrogens with zero attached hydrogens (tertiary/aromatic N) is 3. The Bertz CT molecular complexity index is 793. The third-order valence-corrected chi connectivity index (χ3v) is 5.54. The molecule has 0 radical (unpaired) electrons. The molecular formula is C20H26N4O2. The number of fused-ring (bicyclic) bond motifs is 2. The van der Waals surface area contributed by atoms with Gasteiger partial charge in [0, 0.05) is 39.1 Å². The van der Waals surface area contributed by atoms with Gasteiger partial charge in [0.1, 0.15) is 11.4 Å². The lowest BCUT2D eigenvalue weighted by atomic mass is 9.88. The fourth-order valence-electron chi connectivity index (χ4n) is 4.18. The predicted octanol–water partition coefficient (Wildman–Crippen LogP) is 1.83. The minimum absolute atomic E-state index is 0.0640. The van der Waals surface area contributed by atoms with E-state index in [2.05, 4.69) is 51.0 Å². The lowest BCUT2D eigenvalue weighted by Gasteiger charge is -2.45. The highest BCUT2D eigenvalue weighted by Crippen LogP contribution is 2.40. The van der Waals surface area contributed by atoms with E-state index in [0.29, 0.717) is 6.54 Å². The smallest absolute Gasteiger partial charge is 0.250 e. The highest BCUT2D eigenvalue weighted by molar-refractivity contribution is 5.80. The van der Waals surface area contributed by atoms with Gasteiger partial charge in [-0.25, -0.2) is 4.98 Å². The topological polar surface area (TPSA) is 59.4 Å². The molecule has 0 bridgehead atoms. The third kappa shape index (κ3) is 3.15. The number of piperidine rings is 1. The molecule has 2 aromatic rings. The van der Waals surface area contributed by atoms with E-state index < -0.39 is 11.7 Å². The zero-order chi connectivity index (χ0) is 18.1.